The van der Waals surface area contributed by atoms with Gasteiger partial charge in [-0.15, -0.1) is 16.1 Å². The summed E-state index contributed by atoms with van der Waals surface area (Å²) in [6.45, 7) is 0.111. The van der Waals surface area contributed by atoms with Gasteiger partial charge in [-0.05, 0) is 36.1 Å². The first-order chi connectivity index (χ1) is 15.2. The lowest BCUT2D eigenvalue weighted by atomic mass is 10.1. The van der Waals surface area contributed by atoms with E-state index in [4.69, 9.17) is 0 Å². The second-order valence-electron chi connectivity index (χ2n) is 7.03. The van der Waals surface area contributed by atoms with Gasteiger partial charge in [-0.25, -0.2) is 4.39 Å². The molecular weight excluding hydrogens is 455 g/mol. The molecule has 3 aromatic rings. The summed E-state index contributed by atoms with van der Waals surface area (Å²) in [5.41, 5.74) is -0.0440. The molecule has 2 heterocycles. The molecule has 1 amide bonds. The van der Waals surface area contributed by atoms with Crippen molar-refractivity contribution in [3.8, 4) is 5.75 Å². The average molecular weight is 479 g/mol. The van der Waals surface area contributed by atoms with E-state index in [0.717, 1.165) is 0 Å². The van der Waals surface area contributed by atoms with Crippen molar-refractivity contribution in [2.24, 2.45) is 0 Å². The van der Waals surface area contributed by atoms with Crippen LogP contribution in [0.25, 0.3) is 11.0 Å². The van der Waals surface area contributed by atoms with E-state index in [2.05, 4.69) is 10.3 Å². The fourth-order valence-electron chi connectivity index (χ4n) is 3.17. The summed E-state index contributed by atoms with van der Waals surface area (Å²) in [4.78, 5) is 30.8. The lowest BCUT2D eigenvalue weighted by molar-refractivity contribution is 0.0946. The van der Waals surface area contributed by atoms with Crippen molar-refractivity contribution in [2.45, 2.75) is 18.0 Å². The monoisotopic (exact) mass is 478 g/mol. The summed E-state index contributed by atoms with van der Waals surface area (Å²) in [7, 11) is 3.32. The molecule has 0 saturated heterocycles. The molecule has 0 aliphatic carbocycles. The van der Waals surface area contributed by atoms with Gasteiger partial charge < -0.3 is 19.5 Å². The Balaban J connectivity index is 1.97. The third kappa shape index (κ3) is 5.07. The molecule has 0 bridgehead atoms. The molecule has 0 aliphatic rings. The summed E-state index contributed by atoms with van der Waals surface area (Å²) in [6.07, 6.45) is 3.23. The zero-order valence-corrected chi connectivity index (χ0v) is 19.4. The Bertz CT molecular complexity index is 1200. The number of carbonyl (C=O) groups excluding carboxylic acids is 1. The number of aromatic nitrogens is 2. The van der Waals surface area contributed by atoms with E-state index in [0.29, 0.717) is 16.0 Å². The number of fused-ring (bicyclic) bond motifs is 1. The van der Waals surface area contributed by atoms with Crippen molar-refractivity contribution in [3.63, 3.8) is 0 Å². The number of pyridine rings is 2. The van der Waals surface area contributed by atoms with Crippen LogP contribution in [0.15, 0.2) is 46.2 Å². The summed E-state index contributed by atoms with van der Waals surface area (Å²) < 4.78 is 28.4. The highest BCUT2D eigenvalue weighted by molar-refractivity contribution is 7.98. The lowest BCUT2D eigenvalue weighted by Crippen LogP contribution is -2.35. The van der Waals surface area contributed by atoms with Crippen LogP contribution < -0.4 is 10.9 Å². The Hall–Kier alpha value is -2.60. The number of aromatic hydroxyl groups is 1. The van der Waals surface area contributed by atoms with E-state index < -0.39 is 34.1 Å². The molecule has 2 N–H and O–H groups in total. The average Bonchev–Trinajstić information content (AvgIpc) is 2.77. The topological polar surface area (TPSA) is 111 Å². The van der Waals surface area contributed by atoms with Gasteiger partial charge in [0.1, 0.15) is 22.7 Å². The molecule has 0 spiro atoms. The van der Waals surface area contributed by atoms with Crippen LogP contribution in [0.2, 0.25) is 0 Å². The van der Waals surface area contributed by atoms with Crippen LogP contribution in [0.4, 0.5) is 4.39 Å². The maximum atomic E-state index is 13.5. The Morgan fingerprint density at radius 2 is 2.12 bits per heavy atom. The van der Waals surface area contributed by atoms with Gasteiger partial charge in [0, 0.05) is 43.1 Å². The minimum atomic E-state index is -1.32. The third-order valence-electron chi connectivity index (χ3n) is 4.81. The van der Waals surface area contributed by atoms with E-state index in [1.807, 2.05) is 0 Å². The van der Waals surface area contributed by atoms with Gasteiger partial charge in [0.2, 0.25) is 0 Å². The molecular formula is C21H23FN4O4S2. The minimum absolute atomic E-state index is 0.0407. The molecule has 11 heteroatoms. The molecule has 3 rings (SSSR count). The van der Waals surface area contributed by atoms with Crippen LogP contribution in [-0.2, 0) is 24.5 Å². The summed E-state index contributed by atoms with van der Waals surface area (Å²) in [6, 6.07) is 7.42. The van der Waals surface area contributed by atoms with Gasteiger partial charge in [0.25, 0.3) is 11.5 Å². The number of rotatable bonds is 8. The summed E-state index contributed by atoms with van der Waals surface area (Å²) in [5.74, 6) is -1.54. The van der Waals surface area contributed by atoms with E-state index in [-0.39, 0.29) is 30.2 Å². The van der Waals surface area contributed by atoms with E-state index >= 15 is 0 Å². The van der Waals surface area contributed by atoms with Crippen LogP contribution in [0.3, 0.4) is 0 Å². The van der Waals surface area contributed by atoms with E-state index in [1.165, 1.54) is 39.0 Å². The number of nitrogens with zero attached hydrogens (tertiary/aromatic N) is 3. The highest BCUT2D eigenvalue weighted by Gasteiger charge is 2.24. The van der Waals surface area contributed by atoms with E-state index in [1.54, 1.807) is 38.6 Å². The molecule has 8 nitrogen and oxygen atoms in total. The predicted octanol–water partition coefficient (Wildman–Crippen LogP) is 2.12. The third-order valence-corrected chi connectivity index (χ3v) is 6.98. The first-order valence-corrected chi connectivity index (χ1v) is 12.1. The molecule has 170 valence electrons. The number of hydrogen-bond acceptors (Lipinski definition) is 7. The van der Waals surface area contributed by atoms with Crippen LogP contribution >= 0.6 is 11.8 Å². The van der Waals surface area contributed by atoms with Crippen molar-refractivity contribution in [1.82, 2.24) is 19.2 Å². The van der Waals surface area contributed by atoms with Gasteiger partial charge in [-0.3, -0.25) is 14.6 Å². The Morgan fingerprint density at radius 3 is 2.81 bits per heavy atom. The smallest absolute Gasteiger partial charge is 0.267 e. The van der Waals surface area contributed by atoms with Crippen molar-refractivity contribution in [3.05, 3.63) is 63.8 Å². The van der Waals surface area contributed by atoms with Crippen LogP contribution in [0.5, 0.6) is 5.75 Å². The number of carbonyl (C=O) groups is 1. The maximum Gasteiger partial charge on any atom is 0.267 e. The van der Waals surface area contributed by atoms with Gasteiger partial charge >= 0.3 is 0 Å². The lowest BCUT2D eigenvalue weighted by Gasteiger charge is -2.18. The Kier molecular flexibility index (Phi) is 7.77. The normalized spacial score (nSPS) is 12.3. The van der Waals surface area contributed by atoms with Crippen LogP contribution in [-0.4, -0.2) is 55.5 Å². The number of hydrogen-bond donors (Lipinski definition) is 2. The van der Waals surface area contributed by atoms with Crippen LogP contribution in [0.1, 0.15) is 15.9 Å². The molecule has 2 aromatic heterocycles. The number of nitrogens with one attached hydrogen (secondary N) is 1. The molecule has 32 heavy (non-hydrogen) atoms. The fraction of sp³-hybridized carbons (Fsp3) is 0.286. The summed E-state index contributed by atoms with van der Waals surface area (Å²) >= 11 is 0.00695. The first kappa shape index (κ1) is 24.1. The number of benzene rings is 1. The molecule has 0 saturated carbocycles. The van der Waals surface area contributed by atoms with Crippen molar-refractivity contribution < 1.29 is 18.8 Å². The second-order valence-corrected chi connectivity index (χ2v) is 9.66. The maximum absolute atomic E-state index is 13.5. The molecule has 0 fully saturated rings. The standard InChI is InChI=1S/C21H23FN4O4S2/c1-25(2)32(30)10-9-26-15-5-4-8-23-18(15)19(27)17(21(26)29)20(28)24-12-13-6-7-14(22)11-16(13)31-3/h4-8,11,27H,9-10,12H2,1-3H3,(H,24,28). The Labute approximate surface area is 191 Å². The van der Waals surface area contributed by atoms with Gasteiger partial charge in [0.05, 0.1) is 12.1 Å². The Morgan fingerprint density at radius 1 is 1.38 bits per heavy atom. The van der Waals surface area contributed by atoms with Gasteiger partial charge in [-0.2, -0.15) is 0 Å². The number of halogens is 1. The van der Waals surface area contributed by atoms with Crippen LogP contribution in [0, 0.1) is 5.82 Å². The van der Waals surface area contributed by atoms with E-state index in [9.17, 15) is 23.6 Å². The van der Waals surface area contributed by atoms with Crippen molar-refractivity contribution in [2.75, 3.05) is 26.1 Å². The number of thioether (sulfide) groups is 1. The minimum Gasteiger partial charge on any atom is -0.598 e. The van der Waals surface area contributed by atoms with Crippen molar-refractivity contribution >= 4 is 40.1 Å². The number of amides is 1. The zero-order valence-electron chi connectivity index (χ0n) is 17.8. The zero-order chi connectivity index (χ0) is 23.4. The van der Waals surface area contributed by atoms with Gasteiger partial charge in [-0.1, -0.05) is 6.07 Å². The highest BCUT2D eigenvalue weighted by Crippen LogP contribution is 2.25. The SMILES string of the molecule is CSc1cc(F)ccc1CNC(=O)c1c(O)c2ncccc2n(CC[S+]([O-])N(C)C)c1=O. The number of aryl methyl sites for hydroxylation is 1. The highest BCUT2D eigenvalue weighted by atomic mass is 32.2. The summed E-state index contributed by atoms with van der Waals surface area (Å²) in [5, 5.41) is 13.3. The predicted molar refractivity (Wildman–Crippen MR) is 124 cm³/mol. The molecule has 1 aromatic carbocycles. The molecule has 1 atom stereocenters. The molecule has 1 unspecified atom stereocenters. The quantitative estimate of drug-likeness (QED) is 0.377. The molecule has 0 radical (unpaired) electrons. The first-order valence-electron chi connectivity index (χ1n) is 9.61. The second kappa shape index (κ2) is 10.3. The van der Waals surface area contributed by atoms with Crippen molar-refractivity contribution in [1.29, 1.82) is 0 Å². The largest absolute Gasteiger partial charge is 0.598 e. The molecule has 0 aliphatic heterocycles. The van der Waals surface area contributed by atoms with Gasteiger partial charge in [0.15, 0.2) is 5.75 Å². The fourth-order valence-corrected chi connectivity index (χ4v) is 4.50.